The van der Waals surface area contributed by atoms with Crippen molar-refractivity contribution in [2.75, 3.05) is 13.2 Å². The Hall–Kier alpha value is -0.910. The Kier molecular flexibility index (Phi) is 4.74. The minimum atomic E-state index is 0.132. The van der Waals surface area contributed by atoms with E-state index >= 15 is 0 Å². The van der Waals surface area contributed by atoms with Crippen LogP contribution in [0, 0.1) is 0 Å². The summed E-state index contributed by atoms with van der Waals surface area (Å²) in [7, 11) is 0. The van der Waals surface area contributed by atoms with Crippen LogP contribution in [0.3, 0.4) is 0 Å². The summed E-state index contributed by atoms with van der Waals surface area (Å²) in [6.45, 7) is 4.83. The molecule has 5 heteroatoms. The second kappa shape index (κ2) is 6.31. The number of hydrogen-bond donors (Lipinski definition) is 2. The molecule has 102 valence electrons. The molecule has 3 N–H and O–H groups in total. The normalized spacial score (nSPS) is 23.2. The number of aliphatic hydroxyl groups is 1. The molecule has 2 atom stereocenters. The predicted molar refractivity (Wildman–Crippen MR) is 71.0 cm³/mol. The summed E-state index contributed by atoms with van der Waals surface area (Å²) in [5.74, 6) is 0. The molecule has 18 heavy (non-hydrogen) atoms. The summed E-state index contributed by atoms with van der Waals surface area (Å²) in [5, 5.41) is 13.1. The molecular formula is C13H24N4O. The number of nitrogens with two attached hydrogens (primary N) is 1. The molecule has 1 aliphatic heterocycles. The highest BCUT2D eigenvalue weighted by atomic mass is 16.3. The predicted octanol–water partition coefficient (Wildman–Crippen LogP) is 0.577. The van der Waals surface area contributed by atoms with Crippen molar-refractivity contribution in [1.82, 2.24) is 14.7 Å². The minimum Gasteiger partial charge on any atom is -0.394 e. The molecule has 0 spiro atoms. The van der Waals surface area contributed by atoms with Gasteiger partial charge in [-0.1, -0.05) is 6.42 Å². The van der Waals surface area contributed by atoms with Gasteiger partial charge in [0, 0.05) is 30.4 Å². The van der Waals surface area contributed by atoms with E-state index in [0.29, 0.717) is 12.6 Å². The molecule has 1 aromatic rings. The third-order valence-electron chi connectivity index (χ3n) is 3.67. The molecule has 2 heterocycles. The number of aliphatic hydroxyl groups excluding tert-OH is 1. The SMILES string of the molecule is CC(N)C1CCCCN1Cc1cnn(CCO)c1. The first-order valence-electron chi connectivity index (χ1n) is 6.82. The fourth-order valence-electron chi connectivity index (χ4n) is 2.76. The van der Waals surface area contributed by atoms with Crippen molar-refractivity contribution < 1.29 is 5.11 Å². The Bertz CT molecular complexity index is 364. The molecule has 0 aliphatic carbocycles. The molecular weight excluding hydrogens is 228 g/mol. The van der Waals surface area contributed by atoms with E-state index in [1.54, 1.807) is 4.68 Å². The Labute approximate surface area is 109 Å². The highest BCUT2D eigenvalue weighted by Gasteiger charge is 2.25. The number of piperidine rings is 1. The summed E-state index contributed by atoms with van der Waals surface area (Å²) >= 11 is 0. The molecule has 1 aliphatic rings. The van der Waals surface area contributed by atoms with Crippen LogP contribution in [0.25, 0.3) is 0 Å². The zero-order valence-corrected chi connectivity index (χ0v) is 11.1. The van der Waals surface area contributed by atoms with Crippen LogP contribution in [0.1, 0.15) is 31.7 Å². The van der Waals surface area contributed by atoms with E-state index in [-0.39, 0.29) is 12.6 Å². The summed E-state index contributed by atoms with van der Waals surface area (Å²) in [5.41, 5.74) is 7.27. The van der Waals surface area contributed by atoms with Gasteiger partial charge in [-0.3, -0.25) is 9.58 Å². The molecule has 1 fully saturated rings. The van der Waals surface area contributed by atoms with Gasteiger partial charge in [0.25, 0.3) is 0 Å². The van der Waals surface area contributed by atoms with E-state index in [2.05, 4.69) is 16.9 Å². The lowest BCUT2D eigenvalue weighted by Crippen LogP contribution is -2.48. The molecule has 2 rings (SSSR count). The summed E-state index contributed by atoms with van der Waals surface area (Å²) < 4.78 is 1.79. The van der Waals surface area contributed by atoms with Crippen LogP contribution < -0.4 is 5.73 Å². The lowest BCUT2D eigenvalue weighted by molar-refractivity contribution is 0.123. The number of nitrogens with zero attached hydrogens (tertiary/aromatic N) is 3. The van der Waals surface area contributed by atoms with E-state index in [1.807, 2.05) is 12.4 Å². The van der Waals surface area contributed by atoms with Crippen LogP contribution in [-0.2, 0) is 13.1 Å². The second-order valence-corrected chi connectivity index (χ2v) is 5.23. The Morgan fingerprint density at radius 1 is 1.56 bits per heavy atom. The molecule has 1 saturated heterocycles. The van der Waals surface area contributed by atoms with E-state index in [1.165, 1.54) is 24.8 Å². The highest BCUT2D eigenvalue weighted by Crippen LogP contribution is 2.21. The number of aromatic nitrogens is 2. The van der Waals surface area contributed by atoms with Crippen molar-refractivity contribution in [3.05, 3.63) is 18.0 Å². The quantitative estimate of drug-likeness (QED) is 0.804. The number of rotatable bonds is 5. The standard InChI is InChI=1S/C13H24N4O/c1-11(14)13-4-2-3-5-16(13)9-12-8-15-17(10-12)6-7-18/h8,10-11,13,18H,2-7,9,14H2,1H3. The fraction of sp³-hybridized carbons (Fsp3) is 0.769. The van der Waals surface area contributed by atoms with Crippen molar-refractivity contribution in [2.45, 2.75) is 51.4 Å². The zero-order valence-electron chi connectivity index (χ0n) is 11.1. The average Bonchev–Trinajstić information content (AvgIpc) is 2.77. The monoisotopic (exact) mass is 252 g/mol. The van der Waals surface area contributed by atoms with E-state index < -0.39 is 0 Å². The third-order valence-corrected chi connectivity index (χ3v) is 3.67. The highest BCUT2D eigenvalue weighted by molar-refractivity contribution is 5.04. The average molecular weight is 252 g/mol. The van der Waals surface area contributed by atoms with Crippen LogP contribution in [0.15, 0.2) is 12.4 Å². The molecule has 0 aromatic carbocycles. The van der Waals surface area contributed by atoms with Crippen molar-refractivity contribution >= 4 is 0 Å². The smallest absolute Gasteiger partial charge is 0.0640 e. The van der Waals surface area contributed by atoms with Crippen LogP contribution in [-0.4, -0.2) is 45.0 Å². The van der Waals surface area contributed by atoms with E-state index in [0.717, 1.165) is 13.1 Å². The minimum absolute atomic E-state index is 0.132. The van der Waals surface area contributed by atoms with E-state index in [9.17, 15) is 0 Å². The Balaban J connectivity index is 1.97. The van der Waals surface area contributed by atoms with Crippen molar-refractivity contribution in [3.63, 3.8) is 0 Å². The van der Waals surface area contributed by atoms with Gasteiger partial charge < -0.3 is 10.8 Å². The van der Waals surface area contributed by atoms with Crippen LogP contribution in [0.2, 0.25) is 0 Å². The van der Waals surface area contributed by atoms with Gasteiger partial charge in [-0.2, -0.15) is 5.10 Å². The van der Waals surface area contributed by atoms with Crippen LogP contribution in [0.4, 0.5) is 0 Å². The maximum Gasteiger partial charge on any atom is 0.0640 e. The molecule has 0 amide bonds. The third kappa shape index (κ3) is 3.31. The summed E-state index contributed by atoms with van der Waals surface area (Å²) in [6, 6.07) is 0.706. The molecule has 2 unspecified atom stereocenters. The van der Waals surface area contributed by atoms with E-state index in [4.69, 9.17) is 10.8 Å². The van der Waals surface area contributed by atoms with Gasteiger partial charge in [-0.05, 0) is 26.3 Å². The topological polar surface area (TPSA) is 67.3 Å². The maximum atomic E-state index is 8.88. The number of likely N-dealkylation sites (tertiary alicyclic amines) is 1. The largest absolute Gasteiger partial charge is 0.394 e. The lowest BCUT2D eigenvalue weighted by atomic mass is 9.96. The molecule has 0 bridgehead atoms. The molecule has 5 nitrogen and oxygen atoms in total. The van der Waals surface area contributed by atoms with Gasteiger partial charge in [0.15, 0.2) is 0 Å². The van der Waals surface area contributed by atoms with Gasteiger partial charge in [0.05, 0.1) is 19.3 Å². The van der Waals surface area contributed by atoms with Gasteiger partial charge in [-0.25, -0.2) is 0 Å². The van der Waals surface area contributed by atoms with Crippen molar-refractivity contribution in [2.24, 2.45) is 5.73 Å². The Morgan fingerprint density at radius 2 is 2.39 bits per heavy atom. The van der Waals surface area contributed by atoms with Crippen molar-refractivity contribution in [1.29, 1.82) is 0 Å². The molecule has 0 radical (unpaired) electrons. The fourth-order valence-corrected chi connectivity index (χ4v) is 2.76. The van der Waals surface area contributed by atoms with Gasteiger partial charge in [0.1, 0.15) is 0 Å². The second-order valence-electron chi connectivity index (χ2n) is 5.23. The van der Waals surface area contributed by atoms with Gasteiger partial charge in [-0.15, -0.1) is 0 Å². The lowest BCUT2D eigenvalue weighted by Gasteiger charge is -2.37. The van der Waals surface area contributed by atoms with Crippen LogP contribution in [0.5, 0.6) is 0 Å². The summed E-state index contributed by atoms with van der Waals surface area (Å²) in [6.07, 6.45) is 7.65. The molecule has 1 aromatic heterocycles. The first-order chi connectivity index (χ1) is 8.70. The zero-order chi connectivity index (χ0) is 13.0. The summed E-state index contributed by atoms with van der Waals surface area (Å²) in [4.78, 5) is 2.47. The van der Waals surface area contributed by atoms with Crippen molar-refractivity contribution in [3.8, 4) is 0 Å². The number of hydrogen-bond acceptors (Lipinski definition) is 4. The Morgan fingerprint density at radius 3 is 3.11 bits per heavy atom. The molecule has 0 saturated carbocycles. The maximum absolute atomic E-state index is 8.88. The first kappa shape index (κ1) is 13.5. The van der Waals surface area contributed by atoms with Crippen LogP contribution >= 0.6 is 0 Å². The first-order valence-corrected chi connectivity index (χ1v) is 6.82. The van der Waals surface area contributed by atoms with Gasteiger partial charge >= 0.3 is 0 Å². The van der Waals surface area contributed by atoms with Gasteiger partial charge in [0.2, 0.25) is 0 Å².